The molecule has 2 rings (SSSR count). The van der Waals surface area contributed by atoms with Crippen molar-refractivity contribution in [1.82, 2.24) is 0 Å². The Bertz CT molecular complexity index is 615. The van der Waals surface area contributed by atoms with E-state index in [2.05, 4.69) is 36.7 Å². The van der Waals surface area contributed by atoms with Gasteiger partial charge in [0, 0.05) is 11.6 Å². The molecule has 0 aliphatic rings. The van der Waals surface area contributed by atoms with Gasteiger partial charge in [-0.25, -0.2) is 8.78 Å². The molecule has 0 aromatic heterocycles. The summed E-state index contributed by atoms with van der Waals surface area (Å²) in [5, 5.41) is 0. The van der Waals surface area contributed by atoms with E-state index in [0.717, 1.165) is 17.2 Å². The van der Waals surface area contributed by atoms with Gasteiger partial charge in [-0.3, -0.25) is 0 Å². The van der Waals surface area contributed by atoms with Crippen LogP contribution in [0.25, 0.3) is 0 Å². The van der Waals surface area contributed by atoms with Crippen LogP contribution in [0.5, 0.6) is 0 Å². The lowest BCUT2D eigenvalue weighted by Crippen LogP contribution is -2.15. The van der Waals surface area contributed by atoms with Crippen LogP contribution >= 0.6 is 15.9 Å². The van der Waals surface area contributed by atoms with Crippen LogP contribution in [0, 0.1) is 11.6 Å². The lowest BCUT2D eigenvalue weighted by Gasteiger charge is -2.25. The Morgan fingerprint density at radius 2 is 1.60 bits per heavy atom. The zero-order valence-corrected chi connectivity index (χ0v) is 13.3. The lowest BCUT2D eigenvalue weighted by molar-refractivity contribution is 0.568. The molecule has 2 aromatic rings. The second-order valence-electron chi connectivity index (χ2n) is 5.87. The predicted molar refractivity (Wildman–Crippen MR) is 82.3 cm³/mol. The number of halogens is 3. The van der Waals surface area contributed by atoms with E-state index in [4.69, 9.17) is 0 Å². The van der Waals surface area contributed by atoms with Crippen molar-refractivity contribution in [2.24, 2.45) is 0 Å². The first-order chi connectivity index (χ1) is 9.30. The van der Waals surface area contributed by atoms with Crippen molar-refractivity contribution < 1.29 is 8.78 Å². The molecule has 106 valence electrons. The van der Waals surface area contributed by atoms with Crippen LogP contribution in [0.15, 0.2) is 42.5 Å². The van der Waals surface area contributed by atoms with Crippen molar-refractivity contribution in [2.75, 3.05) is 0 Å². The van der Waals surface area contributed by atoms with Gasteiger partial charge in [-0.15, -0.1) is 0 Å². The van der Waals surface area contributed by atoms with E-state index >= 15 is 0 Å². The zero-order valence-electron chi connectivity index (χ0n) is 11.8. The standard InChI is InChI=1S/C17H17BrF2/c1-17(2,3)14-7-5-4-6-12(14)16(18)13-9-8-11(19)10-15(13)20/h4-10,16H,1-3H3. The molecule has 0 saturated heterocycles. The number of hydrogen-bond donors (Lipinski definition) is 0. The Kier molecular flexibility index (Phi) is 4.28. The highest BCUT2D eigenvalue weighted by molar-refractivity contribution is 9.09. The Labute approximate surface area is 127 Å². The van der Waals surface area contributed by atoms with Crippen LogP contribution in [0.2, 0.25) is 0 Å². The summed E-state index contributed by atoms with van der Waals surface area (Å²) in [4.78, 5) is -0.293. The third-order valence-corrected chi connectivity index (χ3v) is 4.26. The zero-order chi connectivity index (χ0) is 14.9. The highest BCUT2D eigenvalue weighted by Gasteiger charge is 2.23. The quantitative estimate of drug-likeness (QED) is 0.612. The molecule has 0 aliphatic heterocycles. The van der Waals surface area contributed by atoms with Gasteiger partial charge in [0.15, 0.2) is 0 Å². The van der Waals surface area contributed by atoms with E-state index in [-0.39, 0.29) is 10.2 Å². The first-order valence-corrected chi connectivity index (χ1v) is 7.40. The fourth-order valence-electron chi connectivity index (χ4n) is 2.28. The maximum Gasteiger partial charge on any atom is 0.130 e. The average molecular weight is 339 g/mol. The summed E-state index contributed by atoms with van der Waals surface area (Å²) in [7, 11) is 0. The minimum Gasteiger partial charge on any atom is -0.207 e. The van der Waals surface area contributed by atoms with Crippen LogP contribution < -0.4 is 0 Å². The summed E-state index contributed by atoms with van der Waals surface area (Å²) in [5.74, 6) is -1.09. The summed E-state index contributed by atoms with van der Waals surface area (Å²) in [6.45, 7) is 6.35. The van der Waals surface area contributed by atoms with Crippen molar-refractivity contribution in [1.29, 1.82) is 0 Å². The largest absolute Gasteiger partial charge is 0.207 e. The van der Waals surface area contributed by atoms with Crippen molar-refractivity contribution in [3.63, 3.8) is 0 Å². The summed E-state index contributed by atoms with van der Waals surface area (Å²) in [5.41, 5.74) is 2.55. The molecular weight excluding hydrogens is 322 g/mol. The molecule has 1 atom stereocenters. The summed E-state index contributed by atoms with van der Waals surface area (Å²) >= 11 is 3.55. The molecule has 0 spiro atoms. The van der Waals surface area contributed by atoms with Gasteiger partial charge >= 0.3 is 0 Å². The molecule has 3 heteroatoms. The van der Waals surface area contributed by atoms with Crippen molar-refractivity contribution in [3.8, 4) is 0 Å². The highest BCUT2D eigenvalue weighted by atomic mass is 79.9. The molecule has 20 heavy (non-hydrogen) atoms. The van der Waals surface area contributed by atoms with Crippen LogP contribution in [0.4, 0.5) is 8.78 Å². The van der Waals surface area contributed by atoms with Gasteiger partial charge in [-0.05, 0) is 22.6 Å². The van der Waals surface area contributed by atoms with Gasteiger partial charge < -0.3 is 0 Å². The van der Waals surface area contributed by atoms with Gasteiger partial charge in [0.1, 0.15) is 11.6 Å². The Balaban J connectivity index is 2.51. The summed E-state index contributed by atoms with van der Waals surface area (Å²) in [6.07, 6.45) is 0. The molecule has 0 amide bonds. The van der Waals surface area contributed by atoms with Gasteiger partial charge in [-0.1, -0.05) is 67.0 Å². The molecule has 0 bridgehead atoms. The number of benzene rings is 2. The summed E-state index contributed by atoms with van der Waals surface area (Å²) in [6, 6.07) is 11.6. The molecule has 2 aromatic carbocycles. The first kappa shape index (κ1) is 15.2. The Morgan fingerprint density at radius 3 is 2.20 bits per heavy atom. The van der Waals surface area contributed by atoms with E-state index < -0.39 is 11.6 Å². The SMILES string of the molecule is CC(C)(C)c1ccccc1C(Br)c1ccc(F)cc1F. The van der Waals surface area contributed by atoms with Gasteiger partial charge in [0.2, 0.25) is 0 Å². The van der Waals surface area contributed by atoms with Crippen LogP contribution in [-0.2, 0) is 5.41 Å². The van der Waals surface area contributed by atoms with E-state index in [1.54, 1.807) is 0 Å². The number of rotatable bonds is 2. The molecule has 0 heterocycles. The minimum atomic E-state index is -0.560. The Morgan fingerprint density at radius 1 is 0.950 bits per heavy atom. The topological polar surface area (TPSA) is 0 Å². The molecule has 1 unspecified atom stereocenters. The highest BCUT2D eigenvalue weighted by Crippen LogP contribution is 2.38. The summed E-state index contributed by atoms with van der Waals surface area (Å²) < 4.78 is 27.0. The molecule has 0 N–H and O–H groups in total. The smallest absolute Gasteiger partial charge is 0.130 e. The maximum atomic E-state index is 13.9. The van der Waals surface area contributed by atoms with Crippen molar-refractivity contribution in [3.05, 3.63) is 70.8 Å². The average Bonchev–Trinajstić information content (AvgIpc) is 2.37. The van der Waals surface area contributed by atoms with Gasteiger partial charge in [-0.2, -0.15) is 0 Å². The minimum absolute atomic E-state index is 0.0425. The lowest BCUT2D eigenvalue weighted by atomic mass is 9.82. The third kappa shape index (κ3) is 3.09. The van der Waals surface area contributed by atoms with E-state index in [9.17, 15) is 8.78 Å². The third-order valence-electron chi connectivity index (χ3n) is 3.28. The molecule has 0 saturated carbocycles. The fourth-order valence-corrected chi connectivity index (χ4v) is 3.05. The van der Waals surface area contributed by atoms with Crippen LogP contribution in [-0.4, -0.2) is 0 Å². The second kappa shape index (κ2) is 5.65. The molecule has 0 fully saturated rings. The maximum absolute atomic E-state index is 13.9. The monoisotopic (exact) mass is 338 g/mol. The normalized spacial score (nSPS) is 13.3. The second-order valence-corrected chi connectivity index (χ2v) is 6.78. The van der Waals surface area contributed by atoms with Crippen molar-refractivity contribution >= 4 is 15.9 Å². The van der Waals surface area contributed by atoms with Gasteiger partial charge in [0.25, 0.3) is 0 Å². The molecule has 0 aliphatic carbocycles. The fraction of sp³-hybridized carbons (Fsp3) is 0.294. The van der Waals surface area contributed by atoms with E-state index in [1.807, 2.05) is 24.3 Å². The number of hydrogen-bond acceptors (Lipinski definition) is 0. The van der Waals surface area contributed by atoms with Crippen LogP contribution in [0.1, 0.15) is 42.3 Å². The molecule has 0 radical (unpaired) electrons. The predicted octanol–water partition coefficient (Wildman–Crippen LogP) is 5.75. The Hall–Kier alpha value is -1.22. The van der Waals surface area contributed by atoms with Gasteiger partial charge in [0.05, 0.1) is 4.83 Å². The van der Waals surface area contributed by atoms with Crippen molar-refractivity contribution in [2.45, 2.75) is 31.0 Å². The van der Waals surface area contributed by atoms with E-state index in [0.29, 0.717) is 5.56 Å². The van der Waals surface area contributed by atoms with Crippen LogP contribution in [0.3, 0.4) is 0 Å². The molecular formula is C17H17BrF2. The first-order valence-electron chi connectivity index (χ1n) is 6.49. The molecule has 0 nitrogen and oxygen atoms in total. The number of alkyl halides is 1. The van der Waals surface area contributed by atoms with E-state index in [1.165, 1.54) is 12.1 Å².